The molecule has 1 atom stereocenters. The van der Waals surface area contributed by atoms with Crippen LogP contribution in [-0.2, 0) is 4.79 Å². The molecule has 0 heterocycles. The molecule has 62 valence electrons. The third-order valence-corrected chi connectivity index (χ3v) is 1.64. The van der Waals surface area contributed by atoms with Gasteiger partial charge in [0, 0.05) is 0 Å². The highest BCUT2D eigenvalue weighted by Crippen LogP contribution is 2.11. The highest BCUT2D eigenvalue weighted by molar-refractivity contribution is 5.48. The van der Waals surface area contributed by atoms with Crippen molar-refractivity contribution in [1.82, 2.24) is 5.32 Å². The monoisotopic (exact) mass is 162 g/mol. The summed E-state index contributed by atoms with van der Waals surface area (Å²) in [7, 11) is 0. The van der Waals surface area contributed by atoms with Gasteiger partial charge in [-0.3, -0.25) is 4.79 Å². The highest BCUT2D eigenvalue weighted by atomic mass is 16.1. The molecule has 0 spiro atoms. The summed E-state index contributed by atoms with van der Waals surface area (Å²) in [4.78, 5) is 10.2. The Kier molecular flexibility index (Phi) is 3.08. The Morgan fingerprint density at radius 1 is 1.33 bits per heavy atom. The van der Waals surface area contributed by atoms with Crippen LogP contribution in [0.15, 0.2) is 43.0 Å². The summed E-state index contributed by atoms with van der Waals surface area (Å²) in [5, 5.41) is 2.65. The maximum atomic E-state index is 10.2. The van der Waals surface area contributed by atoms with E-state index < -0.39 is 0 Å². The van der Waals surface area contributed by atoms with Gasteiger partial charge in [-0.25, -0.2) is 0 Å². The second-order valence-electron chi connectivity index (χ2n) is 2.41. The van der Waals surface area contributed by atoms with Crippen LogP contribution in [0.3, 0.4) is 0 Å². The topological polar surface area (TPSA) is 29.1 Å². The van der Waals surface area contributed by atoms with E-state index in [-0.39, 0.29) is 6.04 Å². The second-order valence-corrected chi connectivity index (χ2v) is 2.41. The van der Waals surface area contributed by atoms with Crippen LogP contribution in [-0.4, -0.2) is 6.41 Å². The fraction of sp³-hybridized carbons (Fsp3) is 0.100. The van der Waals surface area contributed by atoms with E-state index in [1.807, 2.05) is 30.3 Å². The van der Waals surface area contributed by atoms with Crippen LogP contribution in [0.1, 0.15) is 11.6 Å². The van der Waals surface area contributed by atoms with Crippen LogP contribution in [0.4, 0.5) is 0 Å². The molecule has 0 radical (unpaired) electrons. The summed E-state index contributed by atoms with van der Waals surface area (Å²) in [6.45, 7) is 3.63. The fourth-order valence-electron chi connectivity index (χ4n) is 1.03. The zero-order valence-corrected chi connectivity index (χ0v) is 6.73. The molecule has 1 amide bonds. The van der Waals surface area contributed by atoms with Gasteiger partial charge in [-0.2, -0.15) is 0 Å². The van der Waals surface area contributed by atoms with Crippen molar-refractivity contribution in [3.8, 4) is 0 Å². The maximum absolute atomic E-state index is 10.2. The van der Waals surface area contributed by atoms with E-state index >= 15 is 0 Å². The Balaban J connectivity index is 2.79. The molecule has 0 saturated heterocycles. The van der Waals surface area contributed by atoms with E-state index in [4.69, 9.17) is 0 Å². The predicted molar refractivity (Wildman–Crippen MR) is 48.6 cm³/mol. The summed E-state index contributed by atoms with van der Waals surface area (Å²) < 4.78 is 0. The minimum Gasteiger partial charge on any atom is -0.348 e. The number of carbonyl (C=O) groups excluding carboxylic acids is 1. The lowest BCUT2D eigenvalue weighted by molar-refractivity contribution is -0.109. The molecule has 0 aliphatic carbocycles. The van der Waals surface area contributed by atoms with Crippen LogP contribution in [0.5, 0.6) is 0 Å². The summed E-state index contributed by atoms with van der Waals surface area (Å²) in [6, 6.07) is 9.61. The van der Waals surface area contributed by atoms with Crippen molar-refractivity contribution in [3.63, 3.8) is 0 Å². The molecule has 1 unspecified atom stereocenters. The van der Waals surface area contributed by atoms with Gasteiger partial charge in [0.15, 0.2) is 0 Å². The molecule has 12 heavy (non-hydrogen) atoms. The molecule has 0 aromatic heterocycles. The molecule has 1 aromatic rings. The third-order valence-electron chi connectivity index (χ3n) is 1.64. The number of benzene rings is 1. The molecule has 2 nitrogen and oxygen atoms in total. The Morgan fingerprint density at radius 3 is 2.50 bits per heavy atom. The molecule has 0 bridgehead atoms. The van der Waals surface area contributed by atoms with Gasteiger partial charge in [0.05, 0.1) is 6.04 Å². The van der Waals surface area contributed by atoms with Crippen molar-refractivity contribution in [2.75, 3.05) is 0 Å². The number of hydrogen-bond donors (Lipinski definition) is 1. The number of hydrogen-bond acceptors (Lipinski definition) is 1. The second kappa shape index (κ2) is 4.34. The van der Waals surface area contributed by atoms with Crippen molar-refractivity contribution in [3.05, 3.63) is 48.6 Å². The molecule has 0 saturated carbocycles. The molecule has 2 heteroatoms. The quantitative estimate of drug-likeness (QED) is 0.529. The largest absolute Gasteiger partial charge is 0.348 e. The highest BCUT2D eigenvalue weighted by Gasteiger charge is 2.02. The van der Waals surface area contributed by atoms with E-state index in [0.717, 1.165) is 5.56 Å². The zero-order chi connectivity index (χ0) is 8.81. The van der Waals surface area contributed by atoms with Crippen LogP contribution in [0, 0.1) is 0 Å². The van der Waals surface area contributed by atoms with Crippen LogP contribution >= 0.6 is 0 Å². The van der Waals surface area contributed by atoms with Crippen LogP contribution in [0.2, 0.25) is 0 Å². The van der Waals surface area contributed by atoms with Crippen molar-refractivity contribution >= 4 is 6.41 Å². The minimum atomic E-state index is -0.0799. The smallest absolute Gasteiger partial charge is 0.207 e. The van der Waals surface area contributed by atoms with Crippen LogP contribution in [0.25, 0.3) is 0 Å². The van der Waals surface area contributed by atoms with Gasteiger partial charge in [-0.05, 0) is 5.56 Å². The zero-order valence-electron chi connectivity index (χ0n) is 6.73. The summed E-state index contributed by atoms with van der Waals surface area (Å²) in [5.74, 6) is 0. The lowest BCUT2D eigenvalue weighted by atomic mass is 10.3. The Hall–Kier alpha value is -1.57. The molecule has 1 rings (SSSR count). The third kappa shape index (κ3) is 1.95. The van der Waals surface area contributed by atoms with Crippen LogP contribution < -0.4 is 5.32 Å². The fourth-order valence-corrected chi connectivity index (χ4v) is 1.03. The molecule has 0 aliphatic heterocycles. The van der Waals surface area contributed by atoms with E-state index in [2.05, 4.69) is 11.9 Å². The standard InChI is InChI=1S/C10H11NO/c1-2-10(11-8-12)9-6-4-3-5-7-9/h2-8,10H,1H2,(H,11,12)/i9+1. The first-order valence-electron chi connectivity index (χ1n) is 3.75. The summed E-state index contributed by atoms with van der Waals surface area (Å²) in [6.07, 6.45) is 2.38. The first-order chi connectivity index (χ1) is 5.88. The van der Waals surface area contributed by atoms with Gasteiger partial charge in [0.2, 0.25) is 6.41 Å². The number of nitrogens with one attached hydrogen (secondary N) is 1. The molecular weight excluding hydrogens is 151 g/mol. The minimum absolute atomic E-state index is 0.0799. The van der Waals surface area contributed by atoms with Crippen molar-refractivity contribution in [2.45, 2.75) is 6.04 Å². The Labute approximate surface area is 71.9 Å². The number of carbonyl (C=O) groups is 1. The van der Waals surface area contributed by atoms with Gasteiger partial charge in [-0.15, -0.1) is 6.58 Å². The van der Waals surface area contributed by atoms with Gasteiger partial charge in [0.1, 0.15) is 0 Å². The van der Waals surface area contributed by atoms with E-state index in [1.165, 1.54) is 0 Å². The number of amides is 1. The lowest BCUT2D eigenvalue weighted by Crippen LogP contribution is -2.16. The average molecular weight is 162 g/mol. The Morgan fingerprint density at radius 2 is 2.00 bits per heavy atom. The van der Waals surface area contributed by atoms with Gasteiger partial charge in [-0.1, -0.05) is 36.4 Å². The molecule has 0 fully saturated rings. The van der Waals surface area contributed by atoms with Crippen molar-refractivity contribution in [2.24, 2.45) is 0 Å². The molecule has 1 N–H and O–H groups in total. The van der Waals surface area contributed by atoms with E-state index in [0.29, 0.717) is 6.41 Å². The van der Waals surface area contributed by atoms with Gasteiger partial charge < -0.3 is 5.32 Å². The van der Waals surface area contributed by atoms with Crippen molar-refractivity contribution < 1.29 is 4.79 Å². The van der Waals surface area contributed by atoms with Gasteiger partial charge in [0.25, 0.3) is 0 Å². The Bertz CT molecular complexity index is 256. The first-order valence-corrected chi connectivity index (χ1v) is 3.75. The molecular formula is C10H11NO. The normalized spacial score (nSPS) is 11.7. The first kappa shape index (κ1) is 8.53. The number of rotatable bonds is 4. The van der Waals surface area contributed by atoms with Crippen molar-refractivity contribution in [1.29, 1.82) is 0 Å². The van der Waals surface area contributed by atoms with E-state index in [9.17, 15) is 4.79 Å². The van der Waals surface area contributed by atoms with E-state index in [1.54, 1.807) is 6.08 Å². The molecule has 1 aromatic carbocycles. The average Bonchev–Trinajstić information content (AvgIpc) is 2.15. The molecule has 0 aliphatic rings. The summed E-state index contributed by atoms with van der Waals surface area (Å²) in [5.41, 5.74) is 1.04. The SMILES string of the molecule is C=CC(NC=O)[13c]1ccccc1. The lowest BCUT2D eigenvalue weighted by Gasteiger charge is -2.10. The predicted octanol–water partition coefficient (Wildman–Crippen LogP) is 1.66. The van der Waals surface area contributed by atoms with Gasteiger partial charge >= 0.3 is 0 Å². The summed E-state index contributed by atoms with van der Waals surface area (Å²) >= 11 is 0. The maximum Gasteiger partial charge on any atom is 0.207 e.